The lowest BCUT2D eigenvalue weighted by Gasteiger charge is -2.41. The second kappa shape index (κ2) is 4.17. The molecule has 1 aliphatic carbocycles. The monoisotopic (exact) mass is 205 g/mol. The quantitative estimate of drug-likeness (QED) is 0.821. The number of aromatic nitrogens is 2. The van der Waals surface area contributed by atoms with Gasteiger partial charge in [0.2, 0.25) is 0 Å². The Kier molecular flexibility index (Phi) is 2.89. The maximum atomic E-state index is 4.11. The van der Waals surface area contributed by atoms with E-state index < -0.39 is 0 Å². The van der Waals surface area contributed by atoms with E-state index in [-0.39, 0.29) is 0 Å². The van der Waals surface area contributed by atoms with Crippen LogP contribution in [0.3, 0.4) is 0 Å². The van der Waals surface area contributed by atoms with Gasteiger partial charge in [-0.3, -0.25) is 0 Å². The van der Waals surface area contributed by atoms with Gasteiger partial charge in [0.25, 0.3) is 0 Å². The Morgan fingerprint density at radius 2 is 2.13 bits per heavy atom. The molecule has 0 bridgehead atoms. The summed E-state index contributed by atoms with van der Waals surface area (Å²) in [5.41, 5.74) is 1.50. The van der Waals surface area contributed by atoms with Crippen molar-refractivity contribution >= 4 is 5.82 Å². The molecule has 1 heterocycles. The zero-order valence-electron chi connectivity index (χ0n) is 9.58. The van der Waals surface area contributed by atoms with E-state index in [1.165, 1.54) is 25.7 Å². The van der Waals surface area contributed by atoms with Crippen molar-refractivity contribution in [3.05, 3.63) is 17.8 Å². The molecule has 0 unspecified atom stereocenters. The van der Waals surface area contributed by atoms with Crippen molar-refractivity contribution in [1.82, 2.24) is 10.2 Å². The second-order valence-corrected chi connectivity index (χ2v) is 4.62. The lowest BCUT2D eigenvalue weighted by molar-refractivity contribution is 0.145. The van der Waals surface area contributed by atoms with Crippen LogP contribution in [0.5, 0.6) is 0 Å². The van der Waals surface area contributed by atoms with E-state index >= 15 is 0 Å². The zero-order chi connectivity index (χ0) is 10.7. The van der Waals surface area contributed by atoms with Crippen molar-refractivity contribution in [2.75, 3.05) is 11.9 Å². The fraction of sp³-hybridized carbons (Fsp3) is 0.667. The Hall–Kier alpha value is -1.12. The molecule has 0 aromatic carbocycles. The highest BCUT2D eigenvalue weighted by atomic mass is 15.2. The summed E-state index contributed by atoms with van der Waals surface area (Å²) in [7, 11) is 0. The van der Waals surface area contributed by atoms with E-state index in [0.29, 0.717) is 5.41 Å². The van der Waals surface area contributed by atoms with Gasteiger partial charge in [-0.15, -0.1) is 5.10 Å². The van der Waals surface area contributed by atoms with E-state index in [9.17, 15) is 0 Å². The van der Waals surface area contributed by atoms with Gasteiger partial charge in [-0.05, 0) is 43.7 Å². The number of anilines is 1. The smallest absolute Gasteiger partial charge is 0.148 e. The third kappa shape index (κ3) is 2.28. The molecule has 1 fully saturated rings. The summed E-state index contributed by atoms with van der Waals surface area (Å²) in [4.78, 5) is 0. The van der Waals surface area contributed by atoms with Gasteiger partial charge in [-0.25, -0.2) is 0 Å². The maximum absolute atomic E-state index is 4.11. The summed E-state index contributed by atoms with van der Waals surface area (Å²) >= 11 is 0. The van der Waals surface area contributed by atoms with Crippen molar-refractivity contribution < 1.29 is 0 Å². The van der Waals surface area contributed by atoms with Gasteiger partial charge >= 0.3 is 0 Å². The van der Waals surface area contributed by atoms with E-state index in [0.717, 1.165) is 18.1 Å². The standard InChI is InChI=1S/C12H19N3/c1-3-12(7-4-8-12)9-13-11-6-5-10(2)14-15-11/h5-6H,3-4,7-9H2,1-2H3,(H,13,15). The van der Waals surface area contributed by atoms with Gasteiger partial charge in [0, 0.05) is 6.54 Å². The summed E-state index contributed by atoms with van der Waals surface area (Å²) in [6.07, 6.45) is 5.36. The molecule has 0 amide bonds. The minimum absolute atomic E-state index is 0.534. The molecule has 0 spiro atoms. The van der Waals surface area contributed by atoms with Crippen LogP contribution < -0.4 is 5.32 Å². The predicted octanol–water partition coefficient (Wildman–Crippen LogP) is 2.78. The minimum atomic E-state index is 0.534. The van der Waals surface area contributed by atoms with Crippen LogP contribution in [0, 0.1) is 12.3 Å². The first-order valence-corrected chi connectivity index (χ1v) is 5.78. The van der Waals surface area contributed by atoms with Crippen LogP contribution in [0.2, 0.25) is 0 Å². The summed E-state index contributed by atoms with van der Waals surface area (Å²) in [6, 6.07) is 4.00. The van der Waals surface area contributed by atoms with Gasteiger partial charge in [0.15, 0.2) is 0 Å². The molecule has 0 atom stereocenters. The number of rotatable bonds is 4. The topological polar surface area (TPSA) is 37.8 Å². The minimum Gasteiger partial charge on any atom is -0.368 e. The van der Waals surface area contributed by atoms with Crippen molar-refractivity contribution in [3.63, 3.8) is 0 Å². The summed E-state index contributed by atoms with van der Waals surface area (Å²) in [6.45, 7) is 5.28. The Balaban J connectivity index is 1.90. The Labute approximate surface area is 91.3 Å². The van der Waals surface area contributed by atoms with Crippen molar-refractivity contribution in [1.29, 1.82) is 0 Å². The van der Waals surface area contributed by atoms with E-state index in [1.807, 2.05) is 19.1 Å². The first-order valence-electron chi connectivity index (χ1n) is 5.78. The fourth-order valence-electron chi connectivity index (χ4n) is 2.10. The molecule has 0 saturated heterocycles. The molecule has 0 aliphatic heterocycles. The highest BCUT2D eigenvalue weighted by Gasteiger charge is 2.34. The lowest BCUT2D eigenvalue weighted by Crippen LogP contribution is -2.36. The van der Waals surface area contributed by atoms with Crippen LogP contribution in [-0.4, -0.2) is 16.7 Å². The number of nitrogens with one attached hydrogen (secondary N) is 1. The van der Waals surface area contributed by atoms with E-state index in [2.05, 4.69) is 22.4 Å². The molecular formula is C12H19N3. The van der Waals surface area contributed by atoms with E-state index in [4.69, 9.17) is 0 Å². The Morgan fingerprint density at radius 3 is 2.60 bits per heavy atom. The summed E-state index contributed by atoms with van der Waals surface area (Å²) < 4.78 is 0. The van der Waals surface area contributed by atoms with Crippen LogP contribution >= 0.6 is 0 Å². The molecule has 1 aromatic heterocycles. The van der Waals surface area contributed by atoms with Crippen LogP contribution in [0.15, 0.2) is 12.1 Å². The van der Waals surface area contributed by atoms with Gasteiger partial charge < -0.3 is 5.32 Å². The maximum Gasteiger partial charge on any atom is 0.148 e. The highest BCUT2D eigenvalue weighted by Crippen LogP contribution is 2.43. The summed E-state index contributed by atoms with van der Waals surface area (Å²) in [5, 5.41) is 11.5. The molecule has 15 heavy (non-hydrogen) atoms. The van der Waals surface area contributed by atoms with Crippen LogP contribution in [-0.2, 0) is 0 Å². The molecule has 1 aromatic rings. The fourth-order valence-corrected chi connectivity index (χ4v) is 2.10. The molecule has 1 saturated carbocycles. The van der Waals surface area contributed by atoms with Gasteiger partial charge in [0.1, 0.15) is 5.82 Å². The van der Waals surface area contributed by atoms with Crippen LogP contribution in [0.1, 0.15) is 38.3 Å². The lowest BCUT2D eigenvalue weighted by atomic mass is 9.67. The average molecular weight is 205 g/mol. The van der Waals surface area contributed by atoms with Crippen molar-refractivity contribution in [3.8, 4) is 0 Å². The third-order valence-electron chi connectivity index (χ3n) is 3.61. The number of aryl methyl sites for hydroxylation is 1. The Morgan fingerprint density at radius 1 is 1.33 bits per heavy atom. The second-order valence-electron chi connectivity index (χ2n) is 4.62. The van der Waals surface area contributed by atoms with Crippen LogP contribution in [0.4, 0.5) is 5.82 Å². The SMILES string of the molecule is CCC1(CNc2ccc(C)nn2)CCC1. The molecule has 82 valence electrons. The van der Waals surface area contributed by atoms with Crippen molar-refractivity contribution in [2.24, 2.45) is 5.41 Å². The van der Waals surface area contributed by atoms with Gasteiger partial charge in [-0.1, -0.05) is 13.3 Å². The molecule has 2 rings (SSSR count). The first kappa shape index (κ1) is 10.4. The van der Waals surface area contributed by atoms with Gasteiger partial charge in [-0.2, -0.15) is 5.10 Å². The van der Waals surface area contributed by atoms with E-state index in [1.54, 1.807) is 0 Å². The molecule has 1 N–H and O–H groups in total. The number of hydrogen-bond donors (Lipinski definition) is 1. The normalized spacial score (nSPS) is 18.3. The summed E-state index contributed by atoms with van der Waals surface area (Å²) in [5.74, 6) is 0.903. The zero-order valence-corrected chi connectivity index (χ0v) is 9.58. The van der Waals surface area contributed by atoms with Gasteiger partial charge in [0.05, 0.1) is 5.69 Å². The predicted molar refractivity (Wildman–Crippen MR) is 61.8 cm³/mol. The molecule has 3 nitrogen and oxygen atoms in total. The molecule has 0 radical (unpaired) electrons. The third-order valence-corrected chi connectivity index (χ3v) is 3.61. The Bertz CT molecular complexity index is 309. The molecule has 1 aliphatic rings. The average Bonchev–Trinajstić information content (AvgIpc) is 2.20. The van der Waals surface area contributed by atoms with Crippen molar-refractivity contribution in [2.45, 2.75) is 39.5 Å². The highest BCUT2D eigenvalue weighted by molar-refractivity contribution is 5.33. The molecule has 3 heteroatoms. The largest absolute Gasteiger partial charge is 0.368 e. The molecular weight excluding hydrogens is 186 g/mol. The number of nitrogens with zero attached hydrogens (tertiary/aromatic N) is 2. The first-order chi connectivity index (χ1) is 7.24. The van der Waals surface area contributed by atoms with Crippen LogP contribution in [0.25, 0.3) is 0 Å². The number of hydrogen-bond acceptors (Lipinski definition) is 3.